The molecule has 1 heterocycles. The van der Waals surface area contributed by atoms with E-state index in [0.29, 0.717) is 28.7 Å². The van der Waals surface area contributed by atoms with E-state index in [1.807, 2.05) is 0 Å². The first-order valence-electron chi connectivity index (χ1n) is 8.05. The summed E-state index contributed by atoms with van der Waals surface area (Å²) >= 11 is 0. The molecule has 140 valence electrons. The Morgan fingerprint density at radius 2 is 1.63 bits per heavy atom. The van der Waals surface area contributed by atoms with Crippen LogP contribution in [-0.4, -0.2) is 24.2 Å². The zero-order valence-corrected chi connectivity index (χ0v) is 15.0. The standard InChI is InChI=1S/C19H18F2N4O2/c1-11-8-18(23-16-7-5-13(26-2)10-17(16)27-3)25-19(22-11)24-15-6-4-12(20)9-14(15)21/h4-10H,1-3H3,(H2,22,23,24,25). The molecule has 1 aromatic heterocycles. The minimum atomic E-state index is -0.730. The topological polar surface area (TPSA) is 68.3 Å². The quantitative estimate of drug-likeness (QED) is 0.661. The first-order valence-corrected chi connectivity index (χ1v) is 8.05. The van der Waals surface area contributed by atoms with Crippen LogP contribution in [0.25, 0.3) is 0 Å². The van der Waals surface area contributed by atoms with Gasteiger partial charge in [0.1, 0.15) is 29.0 Å². The first kappa shape index (κ1) is 18.4. The molecule has 0 fully saturated rings. The Bertz CT molecular complexity index is 966. The van der Waals surface area contributed by atoms with E-state index in [2.05, 4.69) is 20.6 Å². The van der Waals surface area contributed by atoms with Crippen molar-refractivity contribution in [3.63, 3.8) is 0 Å². The molecule has 0 atom stereocenters. The maximum atomic E-state index is 13.9. The first-order chi connectivity index (χ1) is 13.0. The molecule has 3 rings (SSSR count). The van der Waals surface area contributed by atoms with Gasteiger partial charge in [-0.25, -0.2) is 13.8 Å². The average Bonchev–Trinajstić information content (AvgIpc) is 2.64. The summed E-state index contributed by atoms with van der Waals surface area (Å²) in [4.78, 5) is 8.56. The van der Waals surface area contributed by atoms with Crippen LogP contribution in [-0.2, 0) is 0 Å². The Balaban J connectivity index is 1.87. The van der Waals surface area contributed by atoms with Gasteiger partial charge in [0.05, 0.1) is 25.6 Å². The number of anilines is 4. The van der Waals surface area contributed by atoms with Gasteiger partial charge in [-0.15, -0.1) is 0 Å². The molecule has 0 radical (unpaired) electrons. The summed E-state index contributed by atoms with van der Waals surface area (Å²) in [6.45, 7) is 1.78. The van der Waals surface area contributed by atoms with E-state index in [1.165, 1.54) is 6.07 Å². The lowest BCUT2D eigenvalue weighted by Crippen LogP contribution is -2.04. The second-order valence-corrected chi connectivity index (χ2v) is 5.66. The number of aromatic nitrogens is 2. The number of nitrogens with one attached hydrogen (secondary N) is 2. The van der Waals surface area contributed by atoms with Gasteiger partial charge < -0.3 is 20.1 Å². The zero-order chi connectivity index (χ0) is 19.4. The molecular weight excluding hydrogens is 354 g/mol. The van der Waals surface area contributed by atoms with Crippen molar-refractivity contribution in [2.24, 2.45) is 0 Å². The number of rotatable bonds is 6. The fourth-order valence-electron chi connectivity index (χ4n) is 2.44. The summed E-state index contributed by atoms with van der Waals surface area (Å²) in [5.74, 6) is 0.505. The molecule has 0 unspecified atom stereocenters. The van der Waals surface area contributed by atoms with Crippen molar-refractivity contribution in [2.75, 3.05) is 24.9 Å². The van der Waals surface area contributed by atoms with E-state index in [-0.39, 0.29) is 11.6 Å². The van der Waals surface area contributed by atoms with Crippen molar-refractivity contribution < 1.29 is 18.3 Å². The van der Waals surface area contributed by atoms with E-state index in [9.17, 15) is 8.78 Å². The highest BCUT2D eigenvalue weighted by Crippen LogP contribution is 2.31. The summed E-state index contributed by atoms with van der Waals surface area (Å²) in [5.41, 5.74) is 1.41. The summed E-state index contributed by atoms with van der Waals surface area (Å²) in [6.07, 6.45) is 0. The molecule has 2 aromatic carbocycles. The fraction of sp³-hybridized carbons (Fsp3) is 0.158. The van der Waals surface area contributed by atoms with Crippen LogP contribution in [0.5, 0.6) is 11.5 Å². The Labute approximate surface area is 155 Å². The molecule has 0 aliphatic heterocycles. The Morgan fingerprint density at radius 1 is 0.852 bits per heavy atom. The number of aryl methyl sites for hydroxylation is 1. The normalized spacial score (nSPS) is 10.4. The lowest BCUT2D eigenvalue weighted by Gasteiger charge is -2.13. The van der Waals surface area contributed by atoms with Gasteiger partial charge in [0, 0.05) is 23.9 Å². The molecule has 0 aliphatic carbocycles. The maximum Gasteiger partial charge on any atom is 0.229 e. The monoisotopic (exact) mass is 372 g/mol. The third-order valence-electron chi connectivity index (χ3n) is 3.70. The van der Waals surface area contributed by atoms with Crippen LogP contribution in [0.15, 0.2) is 42.5 Å². The van der Waals surface area contributed by atoms with Crippen molar-refractivity contribution in [2.45, 2.75) is 6.92 Å². The van der Waals surface area contributed by atoms with Gasteiger partial charge in [-0.3, -0.25) is 0 Å². The number of hydrogen-bond donors (Lipinski definition) is 2. The van der Waals surface area contributed by atoms with Crippen LogP contribution in [0, 0.1) is 18.6 Å². The predicted molar refractivity (Wildman–Crippen MR) is 99.2 cm³/mol. The third-order valence-corrected chi connectivity index (χ3v) is 3.70. The number of nitrogens with zero attached hydrogens (tertiary/aromatic N) is 2. The molecule has 3 aromatic rings. The van der Waals surface area contributed by atoms with Crippen LogP contribution < -0.4 is 20.1 Å². The number of halogens is 2. The van der Waals surface area contributed by atoms with E-state index >= 15 is 0 Å². The van der Waals surface area contributed by atoms with Crippen molar-refractivity contribution in [3.8, 4) is 11.5 Å². The van der Waals surface area contributed by atoms with Crippen LogP contribution >= 0.6 is 0 Å². The van der Waals surface area contributed by atoms with E-state index < -0.39 is 11.6 Å². The molecule has 0 bridgehead atoms. The van der Waals surface area contributed by atoms with E-state index in [0.717, 1.165) is 12.1 Å². The van der Waals surface area contributed by atoms with Gasteiger partial charge >= 0.3 is 0 Å². The van der Waals surface area contributed by atoms with Crippen LogP contribution in [0.2, 0.25) is 0 Å². The number of benzene rings is 2. The summed E-state index contributed by atoms with van der Waals surface area (Å²) in [6, 6.07) is 10.3. The zero-order valence-electron chi connectivity index (χ0n) is 15.0. The number of hydrogen-bond acceptors (Lipinski definition) is 6. The highest BCUT2D eigenvalue weighted by molar-refractivity contribution is 5.67. The highest BCUT2D eigenvalue weighted by atomic mass is 19.1. The molecule has 8 heteroatoms. The van der Waals surface area contributed by atoms with Gasteiger partial charge in [-0.05, 0) is 31.2 Å². The van der Waals surface area contributed by atoms with Crippen molar-refractivity contribution in [3.05, 3.63) is 59.8 Å². The van der Waals surface area contributed by atoms with Crippen molar-refractivity contribution in [1.29, 1.82) is 0 Å². The van der Waals surface area contributed by atoms with E-state index in [4.69, 9.17) is 9.47 Å². The number of ether oxygens (including phenoxy) is 2. The van der Waals surface area contributed by atoms with E-state index in [1.54, 1.807) is 45.4 Å². The molecule has 0 saturated heterocycles. The summed E-state index contributed by atoms with van der Waals surface area (Å²) < 4.78 is 37.4. The minimum Gasteiger partial charge on any atom is -0.497 e. The Kier molecular flexibility index (Phi) is 5.35. The summed E-state index contributed by atoms with van der Waals surface area (Å²) in [5, 5.41) is 5.90. The van der Waals surface area contributed by atoms with Crippen LogP contribution in [0.4, 0.5) is 31.9 Å². The van der Waals surface area contributed by atoms with Crippen molar-refractivity contribution in [1.82, 2.24) is 9.97 Å². The van der Waals surface area contributed by atoms with Gasteiger partial charge in [0.15, 0.2) is 0 Å². The Hall–Kier alpha value is -3.42. The molecule has 27 heavy (non-hydrogen) atoms. The highest BCUT2D eigenvalue weighted by Gasteiger charge is 2.10. The second-order valence-electron chi connectivity index (χ2n) is 5.66. The maximum absolute atomic E-state index is 13.9. The second kappa shape index (κ2) is 7.86. The molecule has 0 aliphatic rings. The van der Waals surface area contributed by atoms with Gasteiger partial charge in [0.2, 0.25) is 5.95 Å². The predicted octanol–water partition coefficient (Wildman–Crippen LogP) is 4.57. The largest absolute Gasteiger partial charge is 0.497 e. The lowest BCUT2D eigenvalue weighted by molar-refractivity contribution is 0.395. The molecule has 0 amide bonds. The van der Waals surface area contributed by atoms with Crippen molar-refractivity contribution >= 4 is 23.1 Å². The SMILES string of the molecule is COc1ccc(Nc2cc(C)nc(Nc3ccc(F)cc3F)n2)c(OC)c1. The van der Waals surface area contributed by atoms with Crippen LogP contribution in [0.1, 0.15) is 5.69 Å². The molecule has 2 N–H and O–H groups in total. The summed E-state index contributed by atoms with van der Waals surface area (Å²) in [7, 11) is 3.12. The molecular formula is C19H18F2N4O2. The molecule has 6 nitrogen and oxygen atoms in total. The Morgan fingerprint density at radius 3 is 2.33 bits per heavy atom. The lowest BCUT2D eigenvalue weighted by atomic mass is 10.2. The third kappa shape index (κ3) is 4.41. The van der Waals surface area contributed by atoms with Crippen LogP contribution in [0.3, 0.4) is 0 Å². The van der Waals surface area contributed by atoms with Gasteiger partial charge in [-0.2, -0.15) is 4.98 Å². The minimum absolute atomic E-state index is 0.0787. The van der Waals surface area contributed by atoms with Gasteiger partial charge in [-0.1, -0.05) is 0 Å². The average molecular weight is 372 g/mol. The smallest absolute Gasteiger partial charge is 0.229 e. The molecule has 0 saturated carbocycles. The number of methoxy groups -OCH3 is 2. The van der Waals surface area contributed by atoms with Gasteiger partial charge in [0.25, 0.3) is 0 Å². The fourth-order valence-corrected chi connectivity index (χ4v) is 2.44. The molecule has 0 spiro atoms.